The predicted molar refractivity (Wildman–Crippen MR) is 88.9 cm³/mol. The van der Waals surface area contributed by atoms with Gasteiger partial charge in [0.15, 0.2) is 11.5 Å². The zero-order chi connectivity index (χ0) is 16.8. The minimum Gasteiger partial charge on any atom is -0.504 e. The third-order valence-electron chi connectivity index (χ3n) is 3.72. The van der Waals surface area contributed by atoms with E-state index in [0.717, 1.165) is 17.7 Å². The normalized spacial score (nSPS) is 13.5. The number of nitrogens with one attached hydrogen (secondary N) is 1. The first kappa shape index (κ1) is 17.1. The average Bonchev–Trinajstić information content (AvgIpc) is 2.55. The number of aromatic hydroxyl groups is 2. The largest absolute Gasteiger partial charge is 0.504 e. The molecule has 0 aliphatic heterocycles. The summed E-state index contributed by atoms with van der Waals surface area (Å²) in [5.74, 6) is 0.403. The number of phenols is 2. The van der Waals surface area contributed by atoms with Crippen LogP contribution in [0.2, 0.25) is 0 Å². The molecule has 2 atom stereocenters. The first-order valence-electron chi connectivity index (χ1n) is 7.56. The van der Waals surface area contributed by atoms with Crippen LogP contribution in [0, 0.1) is 0 Å². The molecule has 0 spiro atoms. The van der Waals surface area contributed by atoms with E-state index in [9.17, 15) is 15.3 Å². The maximum Gasteiger partial charge on any atom is 0.157 e. The third-order valence-corrected chi connectivity index (χ3v) is 3.72. The van der Waals surface area contributed by atoms with Crippen LogP contribution in [0.4, 0.5) is 0 Å². The Morgan fingerprint density at radius 1 is 1.09 bits per heavy atom. The highest BCUT2D eigenvalue weighted by molar-refractivity contribution is 5.41. The molecule has 0 saturated heterocycles. The summed E-state index contributed by atoms with van der Waals surface area (Å²) < 4.78 is 5.21. The number of hydrogen-bond donors (Lipinski definition) is 4. The fourth-order valence-corrected chi connectivity index (χ4v) is 2.40. The lowest BCUT2D eigenvalue weighted by molar-refractivity contribution is 0.170. The zero-order valence-electron chi connectivity index (χ0n) is 13.4. The quantitative estimate of drug-likeness (QED) is 0.589. The summed E-state index contributed by atoms with van der Waals surface area (Å²) in [5.41, 5.74) is 1.71. The Hall–Kier alpha value is -2.24. The summed E-state index contributed by atoms with van der Waals surface area (Å²) in [6.07, 6.45) is 0.0550. The second-order valence-electron chi connectivity index (χ2n) is 5.63. The van der Waals surface area contributed by atoms with Gasteiger partial charge in [0.25, 0.3) is 0 Å². The molecule has 0 aliphatic carbocycles. The van der Waals surface area contributed by atoms with Crippen molar-refractivity contribution in [3.63, 3.8) is 0 Å². The summed E-state index contributed by atoms with van der Waals surface area (Å²) in [7, 11) is 1.64. The van der Waals surface area contributed by atoms with Crippen LogP contribution in [0.25, 0.3) is 0 Å². The lowest BCUT2D eigenvalue weighted by Crippen LogP contribution is -2.32. The van der Waals surface area contributed by atoms with Gasteiger partial charge in [0.2, 0.25) is 0 Å². The molecule has 0 amide bonds. The van der Waals surface area contributed by atoms with Gasteiger partial charge in [-0.25, -0.2) is 0 Å². The van der Waals surface area contributed by atoms with Crippen molar-refractivity contribution in [3.05, 3.63) is 53.6 Å². The summed E-state index contributed by atoms with van der Waals surface area (Å²) in [5, 5.41) is 32.2. The molecule has 0 bridgehead atoms. The summed E-state index contributed by atoms with van der Waals surface area (Å²) in [6.45, 7) is 2.40. The fraction of sp³-hybridized carbons (Fsp3) is 0.333. The molecular weight excluding hydrogens is 294 g/mol. The number of ether oxygens (including phenoxy) is 1. The molecule has 0 radical (unpaired) electrons. The number of benzene rings is 2. The Balaban J connectivity index is 1.87. The van der Waals surface area contributed by atoms with Crippen molar-refractivity contribution >= 4 is 0 Å². The molecule has 0 aliphatic rings. The van der Waals surface area contributed by atoms with Crippen LogP contribution in [-0.4, -0.2) is 35.0 Å². The SMILES string of the molecule is COc1cccc(C[C@@H](C)NC[C@H](O)c2ccc(O)c(O)c2)c1. The number of phenolic OH excluding ortho intramolecular Hbond substituents is 2. The van der Waals surface area contributed by atoms with Crippen molar-refractivity contribution < 1.29 is 20.1 Å². The van der Waals surface area contributed by atoms with Gasteiger partial charge in [-0.15, -0.1) is 0 Å². The average molecular weight is 317 g/mol. The van der Waals surface area contributed by atoms with Crippen LogP contribution in [-0.2, 0) is 6.42 Å². The highest BCUT2D eigenvalue weighted by atomic mass is 16.5. The molecule has 5 nitrogen and oxygen atoms in total. The van der Waals surface area contributed by atoms with Crippen LogP contribution < -0.4 is 10.1 Å². The Bertz CT molecular complexity index is 645. The smallest absolute Gasteiger partial charge is 0.157 e. The molecule has 124 valence electrons. The van der Waals surface area contributed by atoms with Gasteiger partial charge in [-0.1, -0.05) is 18.2 Å². The standard InChI is InChI=1S/C18H23NO4/c1-12(8-13-4-3-5-15(9-13)23-2)19-11-18(22)14-6-7-16(20)17(21)10-14/h3-7,9-10,12,18-22H,8,11H2,1-2H3/t12-,18+/m1/s1. The monoisotopic (exact) mass is 317 g/mol. The molecule has 0 aromatic heterocycles. The van der Waals surface area contributed by atoms with E-state index in [-0.39, 0.29) is 17.5 Å². The number of rotatable bonds is 7. The second-order valence-corrected chi connectivity index (χ2v) is 5.63. The summed E-state index contributed by atoms with van der Waals surface area (Å²) in [6, 6.07) is 12.4. The van der Waals surface area contributed by atoms with Crippen molar-refractivity contribution in [3.8, 4) is 17.2 Å². The number of hydrogen-bond acceptors (Lipinski definition) is 5. The molecular formula is C18H23NO4. The van der Waals surface area contributed by atoms with Crippen molar-refractivity contribution in [2.45, 2.75) is 25.5 Å². The zero-order valence-corrected chi connectivity index (χ0v) is 13.4. The molecule has 5 heteroatoms. The lowest BCUT2D eigenvalue weighted by Gasteiger charge is -2.18. The number of methoxy groups -OCH3 is 1. The minimum atomic E-state index is -0.755. The molecule has 0 saturated carbocycles. The van der Waals surface area contributed by atoms with Crippen molar-refractivity contribution in [1.29, 1.82) is 0 Å². The van der Waals surface area contributed by atoms with Crippen LogP contribution in [0.5, 0.6) is 17.2 Å². The molecule has 2 aromatic rings. The molecule has 4 N–H and O–H groups in total. The third kappa shape index (κ3) is 4.87. The van der Waals surface area contributed by atoms with Gasteiger partial charge >= 0.3 is 0 Å². The van der Waals surface area contributed by atoms with Gasteiger partial charge in [-0.05, 0) is 48.7 Å². The Labute approximate surface area is 136 Å². The lowest BCUT2D eigenvalue weighted by atomic mass is 10.1. The first-order valence-corrected chi connectivity index (χ1v) is 7.56. The van der Waals surface area contributed by atoms with E-state index < -0.39 is 6.10 Å². The first-order chi connectivity index (χ1) is 11.0. The van der Waals surface area contributed by atoms with Gasteiger partial charge in [0.1, 0.15) is 5.75 Å². The van der Waals surface area contributed by atoms with E-state index >= 15 is 0 Å². The van der Waals surface area contributed by atoms with Gasteiger partial charge in [-0.3, -0.25) is 0 Å². The summed E-state index contributed by atoms with van der Waals surface area (Å²) >= 11 is 0. The number of aliphatic hydroxyl groups excluding tert-OH is 1. The number of aliphatic hydroxyl groups is 1. The molecule has 0 fully saturated rings. The maximum atomic E-state index is 10.2. The second kappa shape index (κ2) is 7.85. The topological polar surface area (TPSA) is 82.0 Å². The predicted octanol–water partition coefficient (Wildman–Crippen LogP) is 2.36. The van der Waals surface area contributed by atoms with Crippen LogP contribution in [0.3, 0.4) is 0 Å². The van der Waals surface area contributed by atoms with Crippen LogP contribution in [0.1, 0.15) is 24.2 Å². The van der Waals surface area contributed by atoms with Crippen LogP contribution >= 0.6 is 0 Å². The highest BCUT2D eigenvalue weighted by Crippen LogP contribution is 2.27. The Morgan fingerprint density at radius 3 is 2.57 bits per heavy atom. The van der Waals surface area contributed by atoms with Gasteiger partial charge in [-0.2, -0.15) is 0 Å². The maximum absolute atomic E-state index is 10.2. The van der Waals surface area contributed by atoms with E-state index in [1.54, 1.807) is 13.2 Å². The van der Waals surface area contributed by atoms with Crippen LogP contribution in [0.15, 0.2) is 42.5 Å². The fourth-order valence-electron chi connectivity index (χ4n) is 2.40. The molecule has 2 aromatic carbocycles. The summed E-state index contributed by atoms with van der Waals surface area (Å²) in [4.78, 5) is 0. The Kier molecular flexibility index (Phi) is 5.84. The molecule has 0 unspecified atom stereocenters. The highest BCUT2D eigenvalue weighted by Gasteiger charge is 2.12. The van der Waals surface area contributed by atoms with Crippen molar-refractivity contribution in [2.75, 3.05) is 13.7 Å². The minimum absolute atomic E-state index is 0.169. The van der Waals surface area contributed by atoms with E-state index in [4.69, 9.17) is 4.74 Å². The molecule has 2 rings (SSSR count). The van der Waals surface area contributed by atoms with Crippen molar-refractivity contribution in [1.82, 2.24) is 5.32 Å². The van der Waals surface area contributed by atoms with Crippen molar-refractivity contribution in [2.24, 2.45) is 0 Å². The van der Waals surface area contributed by atoms with Gasteiger partial charge < -0.3 is 25.4 Å². The van der Waals surface area contributed by atoms with E-state index in [2.05, 4.69) is 5.32 Å². The van der Waals surface area contributed by atoms with Gasteiger partial charge in [0, 0.05) is 12.6 Å². The Morgan fingerprint density at radius 2 is 1.87 bits per heavy atom. The van der Waals surface area contributed by atoms with E-state index in [0.29, 0.717) is 12.1 Å². The van der Waals surface area contributed by atoms with Gasteiger partial charge in [0.05, 0.1) is 13.2 Å². The molecule has 0 heterocycles. The van der Waals surface area contributed by atoms with E-state index in [1.807, 2.05) is 31.2 Å². The van der Waals surface area contributed by atoms with E-state index in [1.165, 1.54) is 12.1 Å². The molecule has 23 heavy (non-hydrogen) atoms.